The molecule has 0 fully saturated rings. The van der Waals surface area contributed by atoms with Crippen molar-refractivity contribution in [2.45, 2.75) is 110 Å². The number of carboxylic acid groups (broad SMARTS) is 2. The SMILES string of the molecule is CCCCCCCCCCCCCCCCCCN(C)c1cc(C(=O)O)nc(C(=O)O)c1. The van der Waals surface area contributed by atoms with Gasteiger partial charge in [0.25, 0.3) is 0 Å². The average Bonchev–Trinajstić information content (AvgIpc) is 2.78. The molecule has 0 aliphatic heterocycles. The van der Waals surface area contributed by atoms with Crippen molar-refractivity contribution in [2.24, 2.45) is 0 Å². The van der Waals surface area contributed by atoms with E-state index >= 15 is 0 Å². The van der Waals surface area contributed by atoms with Gasteiger partial charge in [-0.05, 0) is 18.6 Å². The second-order valence-electron chi connectivity index (χ2n) is 8.93. The second-order valence-corrected chi connectivity index (χ2v) is 8.93. The molecule has 1 aromatic heterocycles. The van der Waals surface area contributed by atoms with Crippen molar-refractivity contribution in [3.8, 4) is 0 Å². The minimum atomic E-state index is -1.22. The molecule has 1 rings (SSSR count). The van der Waals surface area contributed by atoms with Crippen molar-refractivity contribution in [2.75, 3.05) is 18.5 Å². The Kier molecular flexibility index (Phi) is 15.2. The number of hydrogen-bond donors (Lipinski definition) is 2. The van der Waals surface area contributed by atoms with Crippen molar-refractivity contribution in [3.05, 3.63) is 23.5 Å². The lowest BCUT2D eigenvalue weighted by Crippen LogP contribution is -2.20. The summed E-state index contributed by atoms with van der Waals surface area (Å²) >= 11 is 0. The summed E-state index contributed by atoms with van der Waals surface area (Å²) in [6.45, 7) is 3.03. The van der Waals surface area contributed by atoms with Gasteiger partial charge in [0.05, 0.1) is 0 Å². The Morgan fingerprint density at radius 1 is 0.688 bits per heavy atom. The zero-order chi connectivity index (χ0) is 23.6. The van der Waals surface area contributed by atoms with Crippen molar-refractivity contribution >= 4 is 17.6 Å². The summed E-state index contributed by atoms with van der Waals surface area (Å²) in [7, 11) is 1.86. The van der Waals surface area contributed by atoms with E-state index in [0.717, 1.165) is 19.4 Å². The van der Waals surface area contributed by atoms with E-state index in [0.29, 0.717) is 5.69 Å². The van der Waals surface area contributed by atoms with Gasteiger partial charge in [0.15, 0.2) is 11.4 Å². The Balaban J connectivity index is 2.06. The highest BCUT2D eigenvalue weighted by Gasteiger charge is 2.15. The fourth-order valence-corrected chi connectivity index (χ4v) is 3.98. The maximum Gasteiger partial charge on any atom is 0.354 e. The van der Waals surface area contributed by atoms with Crippen molar-refractivity contribution in [1.82, 2.24) is 4.98 Å². The first-order chi connectivity index (χ1) is 15.5. The fourth-order valence-electron chi connectivity index (χ4n) is 3.98. The van der Waals surface area contributed by atoms with Crippen LogP contribution in [0.5, 0.6) is 0 Å². The second kappa shape index (κ2) is 17.4. The minimum Gasteiger partial charge on any atom is -0.477 e. The molecule has 0 bridgehead atoms. The number of carbonyl (C=O) groups is 2. The van der Waals surface area contributed by atoms with Gasteiger partial charge >= 0.3 is 11.9 Å². The molecule has 0 aliphatic rings. The number of carboxylic acids is 2. The zero-order valence-corrected chi connectivity index (χ0v) is 20.3. The number of pyridine rings is 1. The molecule has 0 aliphatic carbocycles. The van der Waals surface area contributed by atoms with Gasteiger partial charge < -0.3 is 15.1 Å². The van der Waals surface area contributed by atoms with Crippen LogP contribution in [0.1, 0.15) is 131 Å². The van der Waals surface area contributed by atoms with Crippen LogP contribution in [0.4, 0.5) is 5.69 Å². The molecule has 0 atom stereocenters. The third kappa shape index (κ3) is 12.7. The highest BCUT2D eigenvalue weighted by Crippen LogP contribution is 2.18. The Labute approximate surface area is 194 Å². The Morgan fingerprint density at radius 3 is 1.38 bits per heavy atom. The van der Waals surface area contributed by atoms with E-state index in [9.17, 15) is 9.59 Å². The Bertz CT molecular complexity index is 631. The quantitative estimate of drug-likeness (QED) is 0.205. The third-order valence-corrected chi connectivity index (χ3v) is 6.04. The van der Waals surface area contributed by atoms with Gasteiger partial charge in [0.1, 0.15) is 0 Å². The third-order valence-electron chi connectivity index (χ3n) is 6.04. The molecule has 1 heterocycles. The van der Waals surface area contributed by atoms with Crippen LogP contribution in [0.3, 0.4) is 0 Å². The molecule has 0 saturated carbocycles. The van der Waals surface area contributed by atoms with E-state index in [2.05, 4.69) is 11.9 Å². The number of anilines is 1. The summed E-state index contributed by atoms with van der Waals surface area (Å²) in [5.41, 5.74) is 0.105. The molecule has 182 valence electrons. The normalized spacial score (nSPS) is 10.9. The summed E-state index contributed by atoms with van der Waals surface area (Å²) < 4.78 is 0. The first kappa shape index (κ1) is 27.9. The summed E-state index contributed by atoms with van der Waals surface area (Å²) in [4.78, 5) is 28.0. The van der Waals surface area contributed by atoms with Crippen LogP contribution in [0.2, 0.25) is 0 Å². The van der Waals surface area contributed by atoms with Gasteiger partial charge in [0, 0.05) is 19.3 Å². The largest absolute Gasteiger partial charge is 0.477 e. The van der Waals surface area contributed by atoms with Crippen molar-refractivity contribution in [3.63, 3.8) is 0 Å². The van der Waals surface area contributed by atoms with Crippen LogP contribution >= 0.6 is 0 Å². The lowest BCUT2D eigenvalue weighted by molar-refractivity contribution is 0.0685. The van der Waals surface area contributed by atoms with Gasteiger partial charge in [-0.1, -0.05) is 103 Å². The smallest absolute Gasteiger partial charge is 0.354 e. The predicted molar refractivity (Wildman–Crippen MR) is 131 cm³/mol. The molecular weight excluding hydrogens is 404 g/mol. The molecule has 2 N–H and O–H groups in total. The number of rotatable bonds is 20. The van der Waals surface area contributed by atoms with E-state index in [4.69, 9.17) is 10.2 Å². The van der Waals surface area contributed by atoms with Crippen LogP contribution in [-0.2, 0) is 0 Å². The van der Waals surface area contributed by atoms with Crippen LogP contribution in [0, 0.1) is 0 Å². The Hall–Kier alpha value is -2.11. The number of aromatic nitrogens is 1. The first-order valence-corrected chi connectivity index (χ1v) is 12.7. The lowest BCUT2D eigenvalue weighted by Gasteiger charge is -2.20. The van der Waals surface area contributed by atoms with E-state index in [-0.39, 0.29) is 11.4 Å². The molecule has 1 aromatic rings. The first-order valence-electron chi connectivity index (χ1n) is 12.7. The van der Waals surface area contributed by atoms with Crippen LogP contribution < -0.4 is 4.90 Å². The van der Waals surface area contributed by atoms with Gasteiger partial charge in [0.2, 0.25) is 0 Å². The number of nitrogens with zero attached hydrogens (tertiary/aromatic N) is 2. The molecule has 0 aromatic carbocycles. The molecule has 0 spiro atoms. The van der Waals surface area contributed by atoms with Crippen molar-refractivity contribution in [1.29, 1.82) is 0 Å². The fraction of sp³-hybridized carbons (Fsp3) is 0.731. The van der Waals surface area contributed by atoms with Gasteiger partial charge in [-0.2, -0.15) is 0 Å². The maximum atomic E-state index is 11.2. The summed E-state index contributed by atoms with van der Waals surface area (Å²) in [5, 5.41) is 18.3. The molecule has 6 nitrogen and oxygen atoms in total. The average molecular weight is 449 g/mol. The van der Waals surface area contributed by atoms with E-state index < -0.39 is 11.9 Å². The zero-order valence-electron chi connectivity index (χ0n) is 20.3. The number of aromatic carboxylic acids is 2. The molecule has 0 unspecified atom stereocenters. The van der Waals surface area contributed by atoms with E-state index in [1.807, 2.05) is 11.9 Å². The molecule has 32 heavy (non-hydrogen) atoms. The maximum absolute atomic E-state index is 11.2. The minimum absolute atomic E-state index is 0.237. The summed E-state index contributed by atoms with van der Waals surface area (Å²) in [5.74, 6) is -2.43. The molecular formula is C26H44N2O4. The molecule has 0 saturated heterocycles. The highest BCUT2D eigenvalue weighted by atomic mass is 16.4. The van der Waals surface area contributed by atoms with Crippen LogP contribution in [0.15, 0.2) is 12.1 Å². The van der Waals surface area contributed by atoms with Crippen molar-refractivity contribution < 1.29 is 19.8 Å². The summed E-state index contributed by atoms with van der Waals surface area (Å²) in [6.07, 6.45) is 21.2. The molecule has 0 amide bonds. The van der Waals surface area contributed by atoms with Gasteiger partial charge in [-0.3, -0.25) is 0 Å². The van der Waals surface area contributed by atoms with E-state index in [1.54, 1.807) is 0 Å². The molecule has 6 heteroatoms. The number of hydrogen-bond acceptors (Lipinski definition) is 4. The highest BCUT2D eigenvalue weighted by molar-refractivity contribution is 5.91. The Morgan fingerprint density at radius 2 is 1.03 bits per heavy atom. The van der Waals surface area contributed by atoms with Gasteiger partial charge in [-0.15, -0.1) is 0 Å². The predicted octanol–water partition coefficient (Wildman–Crippen LogP) is 7.18. The lowest BCUT2D eigenvalue weighted by atomic mass is 10.0. The topological polar surface area (TPSA) is 90.7 Å². The van der Waals surface area contributed by atoms with E-state index in [1.165, 1.54) is 102 Å². The standard InChI is InChI=1S/C26H44N2O4/c1-3-4-5-6-7-8-9-10-11-12-13-14-15-16-17-18-19-28(2)22-20-23(25(29)30)27-24(21-22)26(31)32/h20-21H,3-19H2,1-2H3,(H,29,30)(H,31,32). The summed E-state index contributed by atoms with van der Waals surface area (Å²) in [6, 6.07) is 2.86. The monoisotopic (exact) mass is 448 g/mol. The van der Waals surface area contributed by atoms with Crippen LogP contribution in [-0.4, -0.2) is 40.7 Å². The van der Waals surface area contributed by atoms with Crippen LogP contribution in [0.25, 0.3) is 0 Å². The number of unbranched alkanes of at least 4 members (excludes halogenated alkanes) is 15. The van der Waals surface area contributed by atoms with Gasteiger partial charge in [-0.25, -0.2) is 14.6 Å². The molecule has 0 radical (unpaired) electrons.